The van der Waals surface area contributed by atoms with Crippen LogP contribution in [0.25, 0.3) is 10.9 Å². The smallest absolute Gasteiger partial charge is 0.408 e. The highest BCUT2D eigenvalue weighted by Gasteiger charge is 2.49. The number of hydrogen-bond acceptors (Lipinski definition) is 7. The number of alkyl carbamates (subject to hydrolysis) is 1. The Balaban J connectivity index is 1.61. The molecule has 11 heteroatoms. The minimum absolute atomic E-state index is 0.0148. The SMILES string of the molecule is CC[C@@H]1[C@@H]2CN(C(=O)[C@H](C(C)C)NC(=O)O[C@]3(C)CCC[C@H]3CCCCC(F)(F)c3c(nc4cc(OC)ccc4c3C)O2)[C@@H]1C=O. The summed E-state index contributed by atoms with van der Waals surface area (Å²) in [7, 11) is 1.52. The number of aromatic nitrogens is 1. The molecule has 1 aromatic carbocycles. The quantitative estimate of drug-likeness (QED) is 0.369. The van der Waals surface area contributed by atoms with E-state index >= 15 is 8.78 Å². The maximum atomic E-state index is 16.4. The molecular weight excluding hydrogens is 596 g/mol. The Bertz CT molecular complexity index is 1470. The van der Waals surface area contributed by atoms with E-state index in [0.717, 1.165) is 12.8 Å². The first-order chi connectivity index (χ1) is 21.8. The third-order valence-corrected chi connectivity index (χ3v) is 10.5. The van der Waals surface area contributed by atoms with Gasteiger partial charge >= 0.3 is 6.09 Å². The zero-order chi connectivity index (χ0) is 33.4. The van der Waals surface area contributed by atoms with Gasteiger partial charge in [0.15, 0.2) is 0 Å². The van der Waals surface area contributed by atoms with Crippen molar-refractivity contribution in [2.75, 3.05) is 13.7 Å². The van der Waals surface area contributed by atoms with Crippen molar-refractivity contribution in [1.29, 1.82) is 0 Å². The summed E-state index contributed by atoms with van der Waals surface area (Å²) < 4.78 is 50.5. The fourth-order valence-electron chi connectivity index (χ4n) is 7.83. The van der Waals surface area contributed by atoms with Crippen LogP contribution in [0.4, 0.5) is 13.6 Å². The van der Waals surface area contributed by atoms with Crippen molar-refractivity contribution in [3.8, 4) is 11.6 Å². The third-order valence-electron chi connectivity index (χ3n) is 10.5. The molecule has 1 N–H and O–H groups in total. The number of carbonyl (C=O) groups is 3. The van der Waals surface area contributed by atoms with Crippen LogP contribution < -0.4 is 14.8 Å². The molecule has 2 amide bonds. The van der Waals surface area contributed by atoms with Gasteiger partial charge in [0.05, 0.1) is 30.8 Å². The molecule has 3 aliphatic rings. The zero-order valence-corrected chi connectivity index (χ0v) is 27.7. The predicted molar refractivity (Wildman–Crippen MR) is 169 cm³/mol. The molecule has 9 nitrogen and oxygen atoms in total. The average Bonchev–Trinajstić information content (AvgIpc) is 3.55. The molecule has 1 aromatic heterocycles. The lowest BCUT2D eigenvalue weighted by molar-refractivity contribution is -0.138. The minimum atomic E-state index is -3.26. The lowest BCUT2D eigenvalue weighted by Gasteiger charge is -2.34. The highest BCUT2D eigenvalue weighted by atomic mass is 19.3. The Morgan fingerprint density at radius 2 is 1.91 bits per heavy atom. The summed E-state index contributed by atoms with van der Waals surface area (Å²) in [5.74, 6) is -4.15. The van der Waals surface area contributed by atoms with Crippen molar-refractivity contribution < 1.29 is 37.4 Å². The summed E-state index contributed by atoms with van der Waals surface area (Å²) in [6.07, 6.45) is 3.07. The highest BCUT2D eigenvalue weighted by Crippen LogP contribution is 2.46. The first kappa shape index (κ1) is 33.9. The van der Waals surface area contributed by atoms with E-state index in [0.29, 0.717) is 54.2 Å². The second-order valence-electron chi connectivity index (χ2n) is 13.8. The molecule has 2 aliphatic heterocycles. The van der Waals surface area contributed by atoms with E-state index in [-0.39, 0.29) is 36.2 Å². The van der Waals surface area contributed by atoms with E-state index in [1.807, 2.05) is 27.7 Å². The van der Waals surface area contributed by atoms with Gasteiger partial charge in [-0.1, -0.05) is 27.2 Å². The summed E-state index contributed by atoms with van der Waals surface area (Å²) in [5.41, 5.74) is -0.217. The van der Waals surface area contributed by atoms with Crippen molar-refractivity contribution >= 4 is 29.2 Å². The van der Waals surface area contributed by atoms with E-state index in [1.165, 1.54) is 12.0 Å². The van der Waals surface area contributed by atoms with Crippen molar-refractivity contribution in [2.24, 2.45) is 17.8 Å². The van der Waals surface area contributed by atoms with E-state index in [4.69, 9.17) is 14.2 Å². The number of ether oxygens (including phenoxy) is 3. The Morgan fingerprint density at radius 3 is 2.59 bits per heavy atom. The van der Waals surface area contributed by atoms with Gasteiger partial charge in [0.1, 0.15) is 29.8 Å². The minimum Gasteiger partial charge on any atom is -0.497 e. The normalized spacial score (nSPS) is 30.5. The number of alkyl halides is 2. The maximum Gasteiger partial charge on any atom is 0.408 e. The van der Waals surface area contributed by atoms with Gasteiger partial charge in [0.25, 0.3) is 5.92 Å². The molecule has 5 rings (SSSR count). The fourth-order valence-corrected chi connectivity index (χ4v) is 7.83. The Labute approximate surface area is 269 Å². The predicted octanol–water partition coefficient (Wildman–Crippen LogP) is 6.71. The van der Waals surface area contributed by atoms with E-state index in [9.17, 15) is 14.4 Å². The van der Waals surface area contributed by atoms with Gasteiger partial charge in [-0.2, -0.15) is 0 Å². The number of halogens is 2. The molecule has 2 bridgehead atoms. The van der Waals surface area contributed by atoms with Gasteiger partial charge in [-0.15, -0.1) is 0 Å². The molecule has 46 heavy (non-hydrogen) atoms. The number of nitrogens with one attached hydrogen (secondary N) is 1. The maximum absolute atomic E-state index is 16.4. The van der Waals surface area contributed by atoms with Crippen molar-refractivity contribution in [3.63, 3.8) is 0 Å². The molecule has 2 fully saturated rings. The first-order valence-electron chi connectivity index (χ1n) is 16.6. The van der Waals surface area contributed by atoms with Crippen LogP contribution in [-0.4, -0.2) is 65.6 Å². The van der Waals surface area contributed by atoms with E-state index in [2.05, 4.69) is 10.3 Å². The summed E-state index contributed by atoms with van der Waals surface area (Å²) >= 11 is 0. The van der Waals surface area contributed by atoms with Crippen LogP contribution in [0.3, 0.4) is 0 Å². The second-order valence-corrected chi connectivity index (χ2v) is 13.8. The molecule has 3 heterocycles. The number of benzene rings is 1. The van der Waals surface area contributed by atoms with Crippen LogP contribution in [0, 0.1) is 24.7 Å². The van der Waals surface area contributed by atoms with Gasteiger partial charge in [-0.05, 0) is 81.9 Å². The Kier molecular flexibility index (Phi) is 9.80. The number of aldehydes is 1. The lowest BCUT2D eigenvalue weighted by atomic mass is 9.87. The number of fused-ring (bicyclic) bond motifs is 5. The number of amides is 2. The van der Waals surface area contributed by atoms with Crippen LogP contribution in [0.15, 0.2) is 18.2 Å². The molecule has 1 aliphatic carbocycles. The number of carbonyl (C=O) groups excluding carboxylic acids is 3. The summed E-state index contributed by atoms with van der Waals surface area (Å²) in [6.45, 7) is 9.03. The molecule has 6 atom stereocenters. The number of hydrogen-bond donors (Lipinski definition) is 1. The van der Waals surface area contributed by atoms with Gasteiger partial charge in [-0.3, -0.25) is 4.79 Å². The average molecular weight is 644 g/mol. The van der Waals surface area contributed by atoms with Crippen LogP contribution >= 0.6 is 0 Å². The Morgan fingerprint density at radius 1 is 1.17 bits per heavy atom. The zero-order valence-electron chi connectivity index (χ0n) is 27.7. The van der Waals surface area contributed by atoms with Gasteiger partial charge < -0.3 is 29.2 Å². The highest BCUT2D eigenvalue weighted by molar-refractivity contribution is 5.89. The van der Waals surface area contributed by atoms with Gasteiger partial charge in [0.2, 0.25) is 11.8 Å². The van der Waals surface area contributed by atoms with Crippen LogP contribution in [0.5, 0.6) is 11.6 Å². The van der Waals surface area contributed by atoms with Gasteiger partial charge in [-0.25, -0.2) is 18.6 Å². The topological polar surface area (TPSA) is 107 Å². The van der Waals surface area contributed by atoms with Crippen LogP contribution in [-0.2, 0) is 20.2 Å². The second kappa shape index (κ2) is 13.3. The first-order valence-corrected chi connectivity index (χ1v) is 16.6. The van der Waals surface area contributed by atoms with Crippen LogP contribution in [0.1, 0.15) is 90.2 Å². The number of nitrogens with zero attached hydrogens (tertiary/aromatic N) is 2. The molecule has 252 valence electrons. The molecule has 0 unspecified atom stereocenters. The monoisotopic (exact) mass is 643 g/mol. The number of aryl methyl sites for hydroxylation is 1. The lowest BCUT2D eigenvalue weighted by Crippen LogP contribution is -2.54. The molecule has 0 radical (unpaired) electrons. The Hall–Kier alpha value is -3.50. The standard InChI is InChI=1S/C35H47F2N3O6/c1-7-24-27(19-41)40-18-28(24)45-31-29(21(4)25-14-13-23(44-6)17-26(25)38-31)35(36,37)16-9-8-11-22-12-10-15-34(22,5)46-33(43)39-30(20(2)3)32(40)42/h13-14,17,19-20,22,24,27-28,30H,7-12,15-16,18H2,1-6H3,(H,39,43)/t22-,24+,27-,28+,30+,34-/m1/s1. The molecule has 1 saturated heterocycles. The number of methoxy groups -OCH3 is 1. The van der Waals surface area contributed by atoms with Crippen molar-refractivity contribution in [1.82, 2.24) is 15.2 Å². The third kappa shape index (κ3) is 6.38. The molecule has 1 saturated carbocycles. The van der Waals surface area contributed by atoms with Crippen molar-refractivity contribution in [3.05, 3.63) is 29.3 Å². The van der Waals surface area contributed by atoms with E-state index in [1.54, 1.807) is 25.1 Å². The number of pyridine rings is 1. The fraction of sp³-hybridized carbons (Fsp3) is 0.657. The molecule has 2 aromatic rings. The summed E-state index contributed by atoms with van der Waals surface area (Å²) in [5, 5.41) is 3.37. The van der Waals surface area contributed by atoms with Gasteiger partial charge in [0, 0.05) is 23.8 Å². The summed E-state index contributed by atoms with van der Waals surface area (Å²) in [4.78, 5) is 45.9. The summed E-state index contributed by atoms with van der Waals surface area (Å²) in [6, 6.07) is 3.30. The number of rotatable bonds is 4. The molecular formula is C35H47F2N3O6. The van der Waals surface area contributed by atoms with Crippen molar-refractivity contribution in [2.45, 2.75) is 116 Å². The van der Waals surface area contributed by atoms with E-state index < -0.39 is 54.1 Å². The molecule has 0 spiro atoms. The van der Waals surface area contributed by atoms with Crippen LogP contribution in [0.2, 0.25) is 0 Å². The largest absolute Gasteiger partial charge is 0.497 e.